The van der Waals surface area contributed by atoms with Gasteiger partial charge in [0, 0.05) is 42.7 Å². The minimum atomic E-state index is 0.208. The van der Waals surface area contributed by atoms with Crippen LogP contribution in [0.3, 0.4) is 0 Å². The summed E-state index contributed by atoms with van der Waals surface area (Å²) < 4.78 is 13.5. The van der Waals surface area contributed by atoms with Crippen LogP contribution in [0.5, 0.6) is 5.75 Å². The highest BCUT2D eigenvalue weighted by Crippen LogP contribution is 2.28. The number of imidazole rings is 1. The first-order valence-electron chi connectivity index (χ1n) is 10.9. The van der Waals surface area contributed by atoms with Crippen LogP contribution in [0.2, 0.25) is 0 Å². The van der Waals surface area contributed by atoms with Crippen molar-refractivity contribution in [2.24, 2.45) is 4.99 Å². The number of fused-ring (bicyclic) bond motifs is 2. The monoisotopic (exact) mass is 425 g/mol. The summed E-state index contributed by atoms with van der Waals surface area (Å²) in [6.45, 7) is 2.16. The second-order valence-electron chi connectivity index (χ2n) is 8.11. The fourth-order valence-electron chi connectivity index (χ4n) is 4.16. The number of hydrogen-bond donors (Lipinski definition) is 1. The number of benzene rings is 2. The molecular weight excluding hydrogens is 402 g/mol. The van der Waals surface area contributed by atoms with Crippen LogP contribution in [0, 0.1) is 0 Å². The van der Waals surface area contributed by atoms with E-state index in [1.54, 1.807) is 6.20 Å². The molecule has 4 heterocycles. The Morgan fingerprint density at radius 3 is 2.97 bits per heavy atom. The number of nitrogens with zero attached hydrogens (tertiary/aromatic N) is 4. The van der Waals surface area contributed by atoms with Gasteiger partial charge in [0.15, 0.2) is 11.5 Å². The molecule has 0 spiro atoms. The molecule has 7 nitrogen and oxygen atoms in total. The van der Waals surface area contributed by atoms with Crippen LogP contribution >= 0.6 is 0 Å². The van der Waals surface area contributed by atoms with E-state index in [9.17, 15) is 0 Å². The van der Waals surface area contributed by atoms with Crippen molar-refractivity contribution in [1.29, 1.82) is 0 Å². The Kier molecular flexibility index (Phi) is 4.81. The third kappa shape index (κ3) is 3.71. The molecule has 32 heavy (non-hydrogen) atoms. The standard InChI is InChI=1S/C25H23N5O2/c1-2-22(31-11-1)16-32-21-7-5-20(6-8-21)28-24-25-27-9-10-30(25)15-23(29-24)17-3-4-18-13-26-14-19(18)12-17/h3-10,12-13,15,22H,1-2,11,14,16H2,(H,28,29)/t22-/m0/s1. The van der Waals surface area contributed by atoms with Crippen LogP contribution in [-0.2, 0) is 11.3 Å². The molecule has 0 unspecified atom stereocenters. The summed E-state index contributed by atoms with van der Waals surface area (Å²) in [6.07, 6.45) is 10.0. The molecule has 2 aromatic heterocycles. The lowest BCUT2D eigenvalue weighted by molar-refractivity contribution is 0.0679. The smallest absolute Gasteiger partial charge is 0.180 e. The first-order chi connectivity index (χ1) is 15.8. The molecule has 7 heteroatoms. The first-order valence-corrected chi connectivity index (χ1v) is 10.9. The predicted octanol–water partition coefficient (Wildman–Crippen LogP) is 4.63. The topological polar surface area (TPSA) is 73.0 Å². The summed E-state index contributed by atoms with van der Waals surface area (Å²) in [5.74, 6) is 1.54. The Hall–Kier alpha value is -3.71. The number of aromatic nitrogens is 3. The molecule has 1 fully saturated rings. The van der Waals surface area contributed by atoms with Gasteiger partial charge in [0.05, 0.1) is 18.3 Å². The summed E-state index contributed by atoms with van der Waals surface area (Å²) in [4.78, 5) is 13.7. The van der Waals surface area contributed by atoms with Gasteiger partial charge in [0.25, 0.3) is 0 Å². The molecule has 6 rings (SSSR count). The lowest BCUT2D eigenvalue weighted by atomic mass is 10.0. The van der Waals surface area contributed by atoms with E-state index in [0.29, 0.717) is 12.4 Å². The zero-order valence-electron chi connectivity index (χ0n) is 17.6. The van der Waals surface area contributed by atoms with Gasteiger partial charge in [-0.05, 0) is 54.3 Å². The number of rotatable bonds is 6. The van der Waals surface area contributed by atoms with Crippen molar-refractivity contribution < 1.29 is 9.47 Å². The summed E-state index contributed by atoms with van der Waals surface area (Å²) in [5, 5.41) is 3.42. The van der Waals surface area contributed by atoms with Gasteiger partial charge < -0.3 is 19.2 Å². The van der Waals surface area contributed by atoms with Crippen molar-refractivity contribution in [3.8, 4) is 17.0 Å². The van der Waals surface area contributed by atoms with Gasteiger partial charge in [-0.15, -0.1) is 0 Å². The minimum absolute atomic E-state index is 0.208. The fourth-order valence-corrected chi connectivity index (χ4v) is 4.16. The highest BCUT2D eigenvalue weighted by molar-refractivity contribution is 5.86. The highest BCUT2D eigenvalue weighted by atomic mass is 16.5. The van der Waals surface area contributed by atoms with E-state index in [0.717, 1.165) is 54.3 Å². The Morgan fingerprint density at radius 2 is 2.09 bits per heavy atom. The summed E-state index contributed by atoms with van der Waals surface area (Å²) in [6, 6.07) is 14.3. The second-order valence-corrected chi connectivity index (χ2v) is 8.11. The van der Waals surface area contributed by atoms with Crippen molar-refractivity contribution in [1.82, 2.24) is 14.4 Å². The van der Waals surface area contributed by atoms with E-state index < -0.39 is 0 Å². The van der Waals surface area contributed by atoms with E-state index in [2.05, 4.69) is 33.5 Å². The van der Waals surface area contributed by atoms with E-state index >= 15 is 0 Å². The van der Waals surface area contributed by atoms with E-state index in [-0.39, 0.29) is 6.10 Å². The molecule has 0 amide bonds. The van der Waals surface area contributed by atoms with Crippen molar-refractivity contribution in [2.45, 2.75) is 25.5 Å². The molecule has 2 aromatic carbocycles. The molecule has 0 aliphatic carbocycles. The lowest BCUT2D eigenvalue weighted by Gasteiger charge is -2.13. The Labute approximate surface area is 185 Å². The maximum Gasteiger partial charge on any atom is 0.180 e. The maximum absolute atomic E-state index is 5.87. The van der Waals surface area contributed by atoms with Crippen LogP contribution in [0.4, 0.5) is 11.5 Å². The van der Waals surface area contributed by atoms with Crippen molar-refractivity contribution in [3.63, 3.8) is 0 Å². The van der Waals surface area contributed by atoms with Gasteiger partial charge in [-0.25, -0.2) is 9.97 Å². The average molecular weight is 425 g/mol. The summed E-state index contributed by atoms with van der Waals surface area (Å²) in [5.41, 5.74) is 6.04. The third-order valence-electron chi connectivity index (χ3n) is 5.88. The first kappa shape index (κ1) is 19.0. The molecule has 2 aliphatic heterocycles. The number of ether oxygens (including phenoxy) is 2. The van der Waals surface area contributed by atoms with Crippen LogP contribution in [-0.4, -0.2) is 39.9 Å². The molecule has 0 radical (unpaired) electrons. The Balaban J connectivity index is 1.24. The maximum atomic E-state index is 5.87. The van der Waals surface area contributed by atoms with E-state index in [1.807, 2.05) is 47.3 Å². The number of nitrogens with one attached hydrogen (secondary N) is 1. The predicted molar refractivity (Wildman–Crippen MR) is 124 cm³/mol. The summed E-state index contributed by atoms with van der Waals surface area (Å²) in [7, 11) is 0. The van der Waals surface area contributed by atoms with Crippen molar-refractivity contribution >= 4 is 23.4 Å². The van der Waals surface area contributed by atoms with Gasteiger partial charge in [-0.1, -0.05) is 12.1 Å². The van der Waals surface area contributed by atoms with Gasteiger partial charge in [0.1, 0.15) is 12.4 Å². The molecule has 0 saturated carbocycles. The minimum Gasteiger partial charge on any atom is -0.491 e. The molecule has 4 aromatic rings. The normalized spacial score (nSPS) is 17.1. The average Bonchev–Trinajstić information content (AvgIpc) is 3.59. The quantitative estimate of drug-likeness (QED) is 0.488. The van der Waals surface area contributed by atoms with Gasteiger partial charge >= 0.3 is 0 Å². The fraction of sp³-hybridized carbons (Fsp3) is 0.240. The van der Waals surface area contributed by atoms with Gasteiger partial charge in [-0.3, -0.25) is 4.99 Å². The molecule has 1 saturated heterocycles. The van der Waals surface area contributed by atoms with Gasteiger partial charge in [0.2, 0.25) is 0 Å². The van der Waals surface area contributed by atoms with Crippen LogP contribution in [0.15, 0.2) is 66.0 Å². The Bertz CT molecular complexity index is 1290. The lowest BCUT2D eigenvalue weighted by Crippen LogP contribution is -2.16. The van der Waals surface area contributed by atoms with Gasteiger partial charge in [-0.2, -0.15) is 0 Å². The zero-order chi connectivity index (χ0) is 21.3. The van der Waals surface area contributed by atoms with Crippen molar-refractivity contribution in [3.05, 3.63) is 72.2 Å². The van der Waals surface area contributed by atoms with Crippen LogP contribution < -0.4 is 10.1 Å². The Morgan fingerprint density at radius 1 is 1.16 bits per heavy atom. The third-order valence-corrected chi connectivity index (χ3v) is 5.88. The molecule has 160 valence electrons. The van der Waals surface area contributed by atoms with Crippen LogP contribution in [0.1, 0.15) is 24.0 Å². The van der Waals surface area contributed by atoms with E-state index in [4.69, 9.17) is 14.5 Å². The van der Waals surface area contributed by atoms with Crippen molar-refractivity contribution in [2.75, 3.05) is 18.5 Å². The SMILES string of the molecule is C1=NCc2cc(-c3cn4ccnc4c(Nc4ccc(OC[C@@H]5CCCO5)cc4)n3)ccc21. The van der Waals surface area contributed by atoms with E-state index in [1.165, 1.54) is 11.1 Å². The molecule has 0 bridgehead atoms. The van der Waals surface area contributed by atoms with Crippen LogP contribution in [0.25, 0.3) is 16.9 Å². The number of aliphatic imine (C=N–C) groups is 1. The zero-order valence-corrected chi connectivity index (χ0v) is 17.6. The highest BCUT2D eigenvalue weighted by Gasteiger charge is 2.16. The number of anilines is 2. The second kappa shape index (κ2) is 8.09. The number of hydrogen-bond acceptors (Lipinski definition) is 6. The summed E-state index contributed by atoms with van der Waals surface area (Å²) >= 11 is 0. The molecule has 1 N–H and O–H groups in total. The molecule has 1 atom stereocenters. The molecule has 2 aliphatic rings. The molecular formula is C25H23N5O2. The largest absolute Gasteiger partial charge is 0.491 e.